The molecule has 4 heteroatoms. The van der Waals surface area contributed by atoms with Crippen molar-refractivity contribution >= 4 is 5.69 Å². The quantitative estimate of drug-likeness (QED) is 0.757. The molecule has 0 saturated carbocycles. The van der Waals surface area contributed by atoms with E-state index in [1.807, 2.05) is 12.1 Å². The predicted octanol–water partition coefficient (Wildman–Crippen LogP) is 1.45. The first-order valence-corrected chi connectivity index (χ1v) is 5.74. The number of hydrogen-bond donors (Lipinski definition) is 2. The summed E-state index contributed by atoms with van der Waals surface area (Å²) in [5.74, 6) is 0. The summed E-state index contributed by atoms with van der Waals surface area (Å²) in [6.45, 7) is 5.98. The van der Waals surface area contributed by atoms with Crippen LogP contribution in [0.2, 0.25) is 0 Å². The van der Waals surface area contributed by atoms with Gasteiger partial charge in [0.1, 0.15) is 6.10 Å². The van der Waals surface area contributed by atoms with Gasteiger partial charge in [-0.2, -0.15) is 5.26 Å². The molecule has 1 aromatic carbocycles. The highest BCUT2D eigenvalue weighted by atomic mass is 16.3. The molecule has 0 aliphatic rings. The highest BCUT2D eigenvalue weighted by Gasteiger charge is 2.17. The third-order valence-corrected chi connectivity index (χ3v) is 2.79. The van der Waals surface area contributed by atoms with E-state index in [-0.39, 0.29) is 0 Å². The summed E-state index contributed by atoms with van der Waals surface area (Å²) < 4.78 is 0. The second-order valence-electron chi connectivity index (χ2n) is 3.78. The van der Waals surface area contributed by atoms with Gasteiger partial charge in [0.15, 0.2) is 6.10 Å². The van der Waals surface area contributed by atoms with E-state index in [9.17, 15) is 10.2 Å². The molecule has 2 unspecified atom stereocenters. The summed E-state index contributed by atoms with van der Waals surface area (Å²) in [5.41, 5.74) is 1.62. The Kier molecular flexibility index (Phi) is 4.95. The van der Waals surface area contributed by atoms with Gasteiger partial charge in [0, 0.05) is 18.8 Å². The number of rotatable bonds is 5. The molecule has 2 atom stereocenters. The van der Waals surface area contributed by atoms with Gasteiger partial charge >= 0.3 is 0 Å². The van der Waals surface area contributed by atoms with E-state index >= 15 is 0 Å². The van der Waals surface area contributed by atoms with Gasteiger partial charge in [-0.1, -0.05) is 12.1 Å². The summed E-state index contributed by atoms with van der Waals surface area (Å²) >= 11 is 0. The maximum Gasteiger partial charge on any atom is 0.170 e. The zero-order valence-corrected chi connectivity index (χ0v) is 10.2. The molecule has 0 radical (unpaired) electrons. The minimum atomic E-state index is -1.38. The van der Waals surface area contributed by atoms with Crippen LogP contribution in [0.3, 0.4) is 0 Å². The molecule has 4 nitrogen and oxygen atoms in total. The van der Waals surface area contributed by atoms with Crippen molar-refractivity contribution in [2.45, 2.75) is 26.1 Å². The molecule has 92 valence electrons. The Balaban J connectivity index is 2.85. The lowest BCUT2D eigenvalue weighted by atomic mass is 10.0. The van der Waals surface area contributed by atoms with Gasteiger partial charge in [-0.15, -0.1) is 0 Å². The molecule has 1 aromatic rings. The lowest BCUT2D eigenvalue weighted by molar-refractivity contribution is 0.0528. The van der Waals surface area contributed by atoms with Crippen molar-refractivity contribution in [3.05, 3.63) is 29.8 Å². The Morgan fingerprint density at radius 3 is 2.12 bits per heavy atom. The number of aliphatic hydroxyl groups excluding tert-OH is 2. The number of anilines is 1. The van der Waals surface area contributed by atoms with Gasteiger partial charge in [0.05, 0.1) is 6.07 Å². The Morgan fingerprint density at radius 2 is 1.71 bits per heavy atom. The third-order valence-electron chi connectivity index (χ3n) is 2.79. The molecule has 0 heterocycles. The average molecular weight is 234 g/mol. The fraction of sp³-hybridized carbons (Fsp3) is 0.462. The maximum absolute atomic E-state index is 9.65. The largest absolute Gasteiger partial charge is 0.385 e. The molecule has 2 N–H and O–H groups in total. The van der Waals surface area contributed by atoms with Crippen LogP contribution in [-0.2, 0) is 0 Å². The van der Waals surface area contributed by atoms with Gasteiger partial charge in [-0.05, 0) is 31.5 Å². The van der Waals surface area contributed by atoms with E-state index in [0.29, 0.717) is 5.56 Å². The minimum Gasteiger partial charge on any atom is -0.385 e. The number of hydrogen-bond acceptors (Lipinski definition) is 4. The van der Waals surface area contributed by atoms with E-state index in [2.05, 4.69) is 18.7 Å². The first kappa shape index (κ1) is 13.5. The summed E-state index contributed by atoms with van der Waals surface area (Å²) in [7, 11) is 0. The monoisotopic (exact) mass is 234 g/mol. The van der Waals surface area contributed by atoms with Crippen LogP contribution in [0.4, 0.5) is 5.69 Å². The molecular weight excluding hydrogens is 216 g/mol. The second-order valence-corrected chi connectivity index (χ2v) is 3.78. The number of nitrogens with zero attached hydrogens (tertiary/aromatic N) is 2. The van der Waals surface area contributed by atoms with E-state index in [1.54, 1.807) is 18.2 Å². The molecule has 0 amide bonds. The van der Waals surface area contributed by atoms with Gasteiger partial charge < -0.3 is 15.1 Å². The molecular formula is C13H18N2O2. The Hall–Kier alpha value is -1.57. The van der Waals surface area contributed by atoms with Crippen LogP contribution in [0.25, 0.3) is 0 Å². The lowest BCUT2D eigenvalue weighted by Crippen LogP contribution is -2.22. The minimum absolute atomic E-state index is 0.551. The molecule has 0 spiro atoms. The molecule has 0 fully saturated rings. The fourth-order valence-electron chi connectivity index (χ4n) is 1.72. The number of aliphatic hydroxyl groups is 2. The molecule has 0 aliphatic heterocycles. The summed E-state index contributed by atoms with van der Waals surface area (Å²) in [4.78, 5) is 2.18. The van der Waals surface area contributed by atoms with Gasteiger partial charge in [0.25, 0.3) is 0 Å². The molecule has 0 bridgehead atoms. The van der Waals surface area contributed by atoms with Crippen LogP contribution in [-0.4, -0.2) is 29.4 Å². The second kappa shape index (κ2) is 6.24. The highest BCUT2D eigenvalue weighted by molar-refractivity contribution is 5.47. The van der Waals surface area contributed by atoms with Crippen LogP contribution in [0, 0.1) is 11.3 Å². The van der Waals surface area contributed by atoms with Gasteiger partial charge in [0.2, 0.25) is 0 Å². The van der Waals surface area contributed by atoms with Crippen molar-refractivity contribution < 1.29 is 10.2 Å². The molecule has 17 heavy (non-hydrogen) atoms. The predicted molar refractivity (Wildman–Crippen MR) is 66.6 cm³/mol. The Bertz CT molecular complexity index is 379. The first-order valence-electron chi connectivity index (χ1n) is 5.74. The zero-order valence-electron chi connectivity index (χ0n) is 10.2. The van der Waals surface area contributed by atoms with Gasteiger partial charge in [-0.25, -0.2) is 0 Å². The van der Waals surface area contributed by atoms with Crippen molar-refractivity contribution in [1.29, 1.82) is 5.26 Å². The standard InChI is InChI=1S/C13H18N2O2/c1-3-15(4-2)11-7-5-10(6-8-11)13(17)12(16)9-14/h5-8,12-13,16-17H,3-4H2,1-2H3. The number of benzene rings is 1. The van der Waals surface area contributed by atoms with Crippen molar-refractivity contribution in [3.8, 4) is 6.07 Å². The number of nitriles is 1. The van der Waals surface area contributed by atoms with E-state index in [4.69, 9.17) is 5.26 Å². The van der Waals surface area contributed by atoms with Crippen molar-refractivity contribution in [1.82, 2.24) is 0 Å². The third kappa shape index (κ3) is 3.19. The molecule has 0 aliphatic carbocycles. The van der Waals surface area contributed by atoms with Crippen molar-refractivity contribution in [3.63, 3.8) is 0 Å². The van der Waals surface area contributed by atoms with Crippen LogP contribution >= 0.6 is 0 Å². The van der Waals surface area contributed by atoms with E-state index in [0.717, 1.165) is 18.8 Å². The molecule has 0 saturated heterocycles. The zero-order chi connectivity index (χ0) is 12.8. The van der Waals surface area contributed by atoms with Gasteiger partial charge in [-0.3, -0.25) is 0 Å². The van der Waals surface area contributed by atoms with Crippen molar-refractivity contribution in [2.24, 2.45) is 0 Å². The summed E-state index contributed by atoms with van der Waals surface area (Å²) in [6.07, 6.45) is -2.53. The average Bonchev–Trinajstić information content (AvgIpc) is 2.39. The Morgan fingerprint density at radius 1 is 1.18 bits per heavy atom. The normalized spacial score (nSPS) is 13.8. The summed E-state index contributed by atoms with van der Waals surface area (Å²) in [6, 6.07) is 8.86. The van der Waals surface area contributed by atoms with Crippen LogP contribution in [0.1, 0.15) is 25.5 Å². The SMILES string of the molecule is CCN(CC)c1ccc(C(O)C(O)C#N)cc1. The highest BCUT2D eigenvalue weighted by Crippen LogP contribution is 2.21. The summed E-state index contributed by atoms with van der Waals surface area (Å²) in [5, 5.41) is 27.4. The Labute approximate surface area is 102 Å². The molecule has 1 rings (SSSR count). The smallest absolute Gasteiger partial charge is 0.170 e. The van der Waals surface area contributed by atoms with Crippen LogP contribution < -0.4 is 4.90 Å². The van der Waals surface area contributed by atoms with Crippen LogP contribution in [0.15, 0.2) is 24.3 Å². The van der Waals surface area contributed by atoms with E-state index in [1.165, 1.54) is 0 Å². The topological polar surface area (TPSA) is 67.5 Å². The first-order chi connectivity index (χ1) is 8.13. The lowest BCUT2D eigenvalue weighted by Gasteiger charge is -2.21. The fourth-order valence-corrected chi connectivity index (χ4v) is 1.72. The van der Waals surface area contributed by atoms with E-state index < -0.39 is 12.2 Å². The van der Waals surface area contributed by atoms with Crippen molar-refractivity contribution in [2.75, 3.05) is 18.0 Å². The molecule has 0 aromatic heterocycles. The maximum atomic E-state index is 9.65. The van der Waals surface area contributed by atoms with Crippen LogP contribution in [0.5, 0.6) is 0 Å².